The Morgan fingerprint density at radius 2 is 1.62 bits per heavy atom. The van der Waals surface area contributed by atoms with Crippen LogP contribution in [0.25, 0.3) is 0 Å². The minimum atomic E-state index is -0.979. The molecule has 110 valence electrons. The molecule has 3 nitrogen and oxygen atoms in total. The number of carboxylic acids is 1. The number of rotatable bonds is 5. The first-order valence-electron chi connectivity index (χ1n) is 6.53. The molecule has 0 aliphatic rings. The number of aromatic carboxylic acids is 1. The van der Waals surface area contributed by atoms with E-state index >= 15 is 0 Å². The Morgan fingerprint density at radius 1 is 1.05 bits per heavy atom. The summed E-state index contributed by atoms with van der Waals surface area (Å²) >= 11 is 0. The van der Waals surface area contributed by atoms with Crippen LogP contribution in [0.4, 0.5) is 14.5 Å². The van der Waals surface area contributed by atoms with Crippen LogP contribution in [0.15, 0.2) is 36.4 Å². The van der Waals surface area contributed by atoms with Crippen LogP contribution in [-0.4, -0.2) is 11.1 Å². The van der Waals surface area contributed by atoms with Crippen molar-refractivity contribution in [3.8, 4) is 0 Å². The topological polar surface area (TPSA) is 63.3 Å². The van der Waals surface area contributed by atoms with Crippen molar-refractivity contribution in [2.45, 2.75) is 19.3 Å². The predicted molar refractivity (Wildman–Crippen MR) is 76.2 cm³/mol. The van der Waals surface area contributed by atoms with Crippen LogP contribution in [0.3, 0.4) is 0 Å². The number of benzene rings is 2. The van der Waals surface area contributed by atoms with Gasteiger partial charge in [-0.05, 0) is 49.1 Å². The zero-order valence-corrected chi connectivity index (χ0v) is 11.3. The highest BCUT2D eigenvalue weighted by Crippen LogP contribution is 2.19. The van der Waals surface area contributed by atoms with Crippen molar-refractivity contribution >= 4 is 11.7 Å². The average Bonchev–Trinajstić information content (AvgIpc) is 2.42. The molecule has 0 atom stereocenters. The average molecular weight is 291 g/mol. The third-order valence-corrected chi connectivity index (χ3v) is 3.26. The van der Waals surface area contributed by atoms with E-state index in [1.165, 1.54) is 12.1 Å². The van der Waals surface area contributed by atoms with Crippen LogP contribution in [-0.2, 0) is 12.8 Å². The lowest BCUT2D eigenvalue weighted by molar-refractivity contribution is 0.0697. The third kappa shape index (κ3) is 3.78. The Labute approximate surface area is 121 Å². The lowest BCUT2D eigenvalue weighted by atomic mass is 10.0. The van der Waals surface area contributed by atoms with Crippen LogP contribution in [0.2, 0.25) is 0 Å². The van der Waals surface area contributed by atoms with E-state index in [1.807, 2.05) is 0 Å². The molecule has 0 fully saturated rings. The Balaban J connectivity index is 1.97. The van der Waals surface area contributed by atoms with Gasteiger partial charge in [0.2, 0.25) is 0 Å². The molecule has 0 saturated heterocycles. The molecule has 0 bridgehead atoms. The van der Waals surface area contributed by atoms with Gasteiger partial charge in [0.25, 0.3) is 0 Å². The molecular formula is C16H15F2NO2. The number of anilines is 1. The number of carboxylic acid groups (broad SMARTS) is 1. The van der Waals surface area contributed by atoms with Gasteiger partial charge in [-0.15, -0.1) is 0 Å². The van der Waals surface area contributed by atoms with Crippen molar-refractivity contribution in [3.05, 3.63) is 64.7 Å². The van der Waals surface area contributed by atoms with E-state index in [0.717, 1.165) is 17.7 Å². The largest absolute Gasteiger partial charge is 0.478 e. The Kier molecular flexibility index (Phi) is 4.52. The monoisotopic (exact) mass is 291 g/mol. The molecule has 0 aliphatic heterocycles. The molecule has 21 heavy (non-hydrogen) atoms. The van der Waals surface area contributed by atoms with Gasteiger partial charge in [0.15, 0.2) is 0 Å². The predicted octanol–water partition coefficient (Wildman–Crippen LogP) is 3.42. The fourth-order valence-corrected chi connectivity index (χ4v) is 2.14. The van der Waals surface area contributed by atoms with Gasteiger partial charge in [-0.2, -0.15) is 0 Å². The number of nitrogens with two attached hydrogens (primary N) is 1. The van der Waals surface area contributed by atoms with E-state index in [1.54, 1.807) is 12.1 Å². The van der Waals surface area contributed by atoms with Crippen molar-refractivity contribution in [1.29, 1.82) is 0 Å². The maximum atomic E-state index is 13.6. The van der Waals surface area contributed by atoms with Gasteiger partial charge in [-0.1, -0.05) is 12.1 Å². The van der Waals surface area contributed by atoms with Crippen LogP contribution in [0.5, 0.6) is 0 Å². The summed E-state index contributed by atoms with van der Waals surface area (Å²) in [6.45, 7) is 0. The molecule has 0 heterocycles. The van der Waals surface area contributed by atoms with Gasteiger partial charge in [-0.3, -0.25) is 0 Å². The number of halogens is 2. The van der Waals surface area contributed by atoms with E-state index in [-0.39, 0.29) is 23.2 Å². The zero-order valence-electron chi connectivity index (χ0n) is 11.3. The Hall–Kier alpha value is -2.43. The fourth-order valence-electron chi connectivity index (χ4n) is 2.14. The van der Waals surface area contributed by atoms with Gasteiger partial charge in [0.1, 0.15) is 11.6 Å². The summed E-state index contributed by atoms with van der Waals surface area (Å²) in [5, 5.41) is 8.79. The fraction of sp³-hybridized carbons (Fsp3) is 0.188. The second-order valence-corrected chi connectivity index (χ2v) is 4.82. The van der Waals surface area contributed by atoms with Crippen LogP contribution in [0, 0.1) is 11.6 Å². The third-order valence-electron chi connectivity index (χ3n) is 3.26. The highest BCUT2D eigenvalue weighted by molar-refractivity contribution is 5.87. The van der Waals surface area contributed by atoms with Crippen molar-refractivity contribution in [2.75, 3.05) is 5.73 Å². The van der Waals surface area contributed by atoms with Gasteiger partial charge >= 0.3 is 5.97 Å². The maximum Gasteiger partial charge on any atom is 0.335 e. The number of carbonyl (C=O) groups is 1. The first-order chi connectivity index (χ1) is 9.97. The number of hydrogen-bond acceptors (Lipinski definition) is 2. The van der Waals surface area contributed by atoms with Gasteiger partial charge in [0, 0.05) is 11.3 Å². The van der Waals surface area contributed by atoms with Crippen LogP contribution >= 0.6 is 0 Å². The number of hydrogen-bond donors (Lipinski definition) is 2. The molecule has 0 saturated carbocycles. The zero-order chi connectivity index (χ0) is 15.4. The normalized spacial score (nSPS) is 10.6. The molecule has 3 N–H and O–H groups in total. The van der Waals surface area contributed by atoms with Gasteiger partial charge in [0.05, 0.1) is 5.56 Å². The molecule has 2 rings (SSSR count). The van der Waals surface area contributed by atoms with Gasteiger partial charge in [-0.25, -0.2) is 13.6 Å². The molecular weight excluding hydrogens is 276 g/mol. The summed E-state index contributed by atoms with van der Waals surface area (Å²) in [5.74, 6) is -2.24. The summed E-state index contributed by atoms with van der Waals surface area (Å²) in [5.41, 5.74) is 6.60. The van der Waals surface area contributed by atoms with E-state index in [2.05, 4.69) is 0 Å². The Bertz CT molecular complexity index is 631. The van der Waals surface area contributed by atoms with Crippen LogP contribution < -0.4 is 5.73 Å². The lowest BCUT2D eigenvalue weighted by Gasteiger charge is -2.07. The molecule has 0 radical (unpaired) electrons. The number of nitrogen functional groups attached to an aromatic ring is 1. The van der Waals surface area contributed by atoms with Crippen molar-refractivity contribution in [1.82, 2.24) is 0 Å². The standard InChI is InChI=1S/C16H15F2NO2/c17-14-8-12(19)9-15(18)13(14)3-1-2-10-4-6-11(7-5-10)16(20)21/h4-9H,1-3,19H2,(H,20,21). The summed E-state index contributed by atoms with van der Waals surface area (Å²) in [7, 11) is 0. The van der Waals surface area contributed by atoms with E-state index in [4.69, 9.17) is 10.8 Å². The summed E-state index contributed by atoms with van der Waals surface area (Å²) < 4.78 is 27.2. The minimum absolute atomic E-state index is 0.0337. The summed E-state index contributed by atoms with van der Waals surface area (Å²) in [4.78, 5) is 10.7. The lowest BCUT2D eigenvalue weighted by Crippen LogP contribution is -2.00. The van der Waals surface area contributed by atoms with Crippen molar-refractivity contribution in [3.63, 3.8) is 0 Å². The molecule has 2 aromatic carbocycles. The minimum Gasteiger partial charge on any atom is -0.478 e. The second kappa shape index (κ2) is 6.35. The molecule has 0 amide bonds. The van der Waals surface area contributed by atoms with Crippen molar-refractivity contribution < 1.29 is 18.7 Å². The SMILES string of the molecule is Nc1cc(F)c(CCCc2ccc(C(=O)O)cc2)c(F)c1. The van der Waals surface area contributed by atoms with Crippen LogP contribution in [0.1, 0.15) is 27.9 Å². The van der Waals surface area contributed by atoms with Crippen molar-refractivity contribution in [2.24, 2.45) is 0 Å². The van der Waals surface area contributed by atoms with Gasteiger partial charge < -0.3 is 10.8 Å². The smallest absolute Gasteiger partial charge is 0.335 e. The quantitative estimate of drug-likeness (QED) is 0.830. The highest BCUT2D eigenvalue weighted by atomic mass is 19.1. The number of aryl methyl sites for hydroxylation is 1. The summed E-state index contributed by atoms with van der Waals surface area (Å²) in [6, 6.07) is 8.67. The highest BCUT2D eigenvalue weighted by Gasteiger charge is 2.10. The second-order valence-electron chi connectivity index (χ2n) is 4.82. The molecule has 2 aromatic rings. The van der Waals surface area contributed by atoms with E-state index in [9.17, 15) is 13.6 Å². The molecule has 5 heteroatoms. The first-order valence-corrected chi connectivity index (χ1v) is 6.53. The Morgan fingerprint density at radius 3 is 2.14 bits per heavy atom. The molecule has 0 aromatic heterocycles. The first kappa shape index (κ1) is 15.0. The molecule has 0 aliphatic carbocycles. The molecule has 0 spiro atoms. The van der Waals surface area contributed by atoms with E-state index in [0.29, 0.717) is 12.8 Å². The maximum absolute atomic E-state index is 13.6. The summed E-state index contributed by atoms with van der Waals surface area (Å²) in [6.07, 6.45) is 1.44. The molecule has 0 unspecified atom stereocenters. The van der Waals surface area contributed by atoms with E-state index < -0.39 is 17.6 Å².